The standard InChI is InChI=1S/C22H19Cl2N3O3/c1-11-14-9-29-22(2,3)7-12(14)17-18-19(30-20(17)26-11)21(28)27(10-25-18)8-13-15(23)5-4-6-16(13)24/h4-6,10H,7-9H2,1-3H3. The van der Waals surface area contributed by atoms with Crippen molar-refractivity contribution in [1.82, 2.24) is 14.5 Å². The first-order valence-corrected chi connectivity index (χ1v) is 10.4. The van der Waals surface area contributed by atoms with Gasteiger partial charge in [0.1, 0.15) is 5.52 Å². The molecule has 1 aliphatic rings. The predicted octanol–water partition coefficient (Wildman–Crippen LogP) is 5.05. The number of aryl methyl sites for hydroxylation is 1. The van der Waals surface area contributed by atoms with Crippen molar-refractivity contribution in [2.75, 3.05) is 0 Å². The second-order valence-corrected chi connectivity index (χ2v) is 9.03. The molecule has 0 bridgehead atoms. The highest BCUT2D eigenvalue weighted by molar-refractivity contribution is 6.36. The monoisotopic (exact) mass is 443 g/mol. The molecule has 30 heavy (non-hydrogen) atoms. The van der Waals surface area contributed by atoms with Crippen LogP contribution in [0.1, 0.15) is 36.2 Å². The van der Waals surface area contributed by atoms with Crippen molar-refractivity contribution < 1.29 is 9.15 Å². The molecular formula is C22H19Cl2N3O3. The van der Waals surface area contributed by atoms with Gasteiger partial charge in [0.15, 0.2) is 0 Å². The Morgan fingerprint density at radius 1 is 1.20 bits per heavy atom. The van der Waals surface area contributed by atoms with Gasteiger partial charge >= 0.3 is 0 Å². The summed E-state index contributed by atoms with van der Waals surface area (Å²) in [4.78, 5) is 22.3. The lowest BCUT2D eigenvalue weighted by Crippen LogP contribution is -2.32. The molecule has 1 aromatic carbocycles. The van der Waals surface area contributed by atoms with E-state index in [1.165, 1.54) is 10.9 Å². The number of halogens is 2. The molecule has 3 aromatic heterocycles. The Labute approximate surface area is 182 Å². The van der Waals surface area contributed by atoms with Crippen LogP contribution in [0.5, 0.6) is 0 Å². The highest BCUT2D eigenvalue weighted by atomic mass is 35.5. The van der Waals surface area contributed by atoms with Crippen LogP contribution in [0.3, 0.4) is 0 Å². The molecule has 0 radical (unpaired) electrons. The van der Waals surface area contributed by atoms with Crippen molar-refractivity contribution in [3.05, 3.63) is 67.3 Å². The molecule has 4 heterocycles. The van der Waals surface area contributed by atoms with E-state index in [9.17, 15) is 4.79 Å². The summed E-state index contributed by atoms with van der Waals surface area (Å²) >= 11 is 12.5. The number of hydrogen-bond acceptors (Lipinski definition) is 5. The van der Waals surface area contributed by atoms with E-state index in [4.69, 9.17) is 32.4 Å². The molecule has 8 heteroatoms. The summed E-state index contributed by atoms with van der Waals surface area (Å²) in [6.45, 7) is 6.70. The number of hydrogen-bond donors (Lipinski definition) is 0. The van der Waals surface area contributed by atoms with Crippen LogP contribution < -0.4 is 5.56 Å². The zero-order valence-corrected chi connectivity index (χ0v) is 18.3. The van der Waals surface area contributed by atoms with Crippen LogP contribution in [-0.4, -0.2) is 20.1 Å². The molecule has 0 atom stereocenters. The topological polar surface area (TPSA) is 70.2 Å². The first-order valence-electron chi connectivity index (χ1n) is 9.62. The minimum Gasteiger partial charge on any atom is -0.430 e. The Bertz CT molecular complexity index is 1370. The van der Waals surface area contributed by atoms with E-state index in [1.54, 1.807) is 18.2 Å². The Balaban J connectivity index is 1.72. The molecule has 4 aromatic rings. The molecule has 5 rings (SSSR count). The Kier molecular flexibility index (Phi) is 4.43. The number of furan rings is 1. The van der Waals surface area contributed by atoms with Gasteiger partial charge in [-0.25, -0.2) is 9.97 Å². The summed E-state index contributed by atoms with van der Waals surface area (Å²) in [5, 5.41) is 1.78. The maximum Gasteiger partial charge on any atom is 0.297 e. The van der Waals surface area contributed by atoms with Gasteiger partial charge in [-0.05, 0) is 38.5 Å². The molecule has 0 amide bonds. The van der Waals surface area contributed by atoms with E-state index in [1.807, 2.05) is 20.8 Å². The molecule has 0 aliphatic carbocycles. The lowest BCUT2D eigenvalue weighted by atomic mass is 9.89. The minimum absolute atomic E-state index is 0.181. The van der Waals surface area contributed by atoms with E-state index in [0.717, 1.165) is 22.2 Å². The van der Waals surface area contributed by atoms with Gasteiger partial charge in [-0.3, -0.25) is 9.36 Å². The quantitative estimate of drug-likeness (QED) is 0.433. The van der Waals surface area contributed by atoms with Crippen LogP contribution >= 0.6 is 23.2 Å². The van der Waals surface area contributed by atoms with Crippen molar-refractivity contribution in [3.63, 3.8) is 0 Å². The molecule has 0 spiro atoms. The summed E-state index contributed by atoms with van der Waals surface area (Å²) in [6, 6.07) is 5.24. The summed E-state index contributed by atoms with van der Waals surface area (Å²) in [5.41, 5.74) is 4.15. The highest BCUT2D eigenvalue weighted by Gasteiger charge is 2.31. The second kappa shape index (κ2) is 6.80. The molecular weight excluding hydrogens is 425 g/mol. The summed E-state index contributed by atoms with van der Waals surface area (Å²) < 4.78 is 13.3. The Morgan fingerprint density at radius 3 is 2.67 bits per heavy atom. The number of ether oxygens (including phenoxy) is 1. The molecule has 0 N–H and O–H groups in total. The van der Waals surface area contributed by atoms with Crippen LogP contribution in [0.4, 0.5) is 0 Å². The van der Waals surface area contributed by atoms with Gasteiger partial charge in [-0.15, -0.1) is 0 Å². The van der Waals surface area contributed by atoms with Crippen LogP contribution in [0.15, 0.2) is 33.7 Å². The van der Waals surface area contributed by atoms with Crippen LogP contribution in [0.25, 0.3) is 22.2 Å². The van der Waals surface area contributed by atoms with Crippen molar-refractivity contribution in [1.29, 1.82) is 0 Å². The highest BCUT2D eigenvalue weighted by Crippen LogP contribution is 2.37. The van der Waals surface area contributed by atoms with E-state index in [0.29, 0.717) is 39.9 Å². The van der Waals surface area contributed by atoms with E-state index in [2.05, 4.69) is 9.97 Å². The number of nitrogens with zero attached hydrogens (tertiary/aromatic N) is 3. The van der Waals surface area contributed by atoms with Crippen molar-refractivity contribution in [2.45, 2.75) is 45.9 Å². The first-order chi connectivity index (χ1) is 14.2. The third-order valence-electron chi connectivity index (χ3n) is 5.62. The molecule has 1 aliphatic heterocycles. The third kappa shape index (κ3) is 3.02. The molecule has 0 unspecified atom stereocenters. The molecule has 0 saturated carbocycles. The van der Waals surface area contributed by atoms with Gasteiger partial charge in [-0.2, -0.15) is 0 Å². The van der Waals surface area contributed by atoms with Gasteiger partial charge in [0.05, 0.1) is 30.5 Å². The Hall–Kier alpha value is -2.41. The van der Waals surface area contributed by atoms with Gasteiger partial charge < -0.3 is 9.15 Å². The first kappa shape index (κ1) is 19.5. The smallest absolute Gasteiger partial charge is 0.297 e. The summed E-state index contributed by atoms with van der Waals surface area (Å²) in [7, 11) is 0. The van der Waals surface area contributed by atoms with E-state index < -0.39 is 0 Å². The SMILES string of the molecule is Cc1nc2oc3c(=O)n(Cc4c(Cl)cccc4Cl)cnc3c2c2c1COC(C)(C)C2. The van der Waals surface area contributed by atoms with Crippen LogP contribution in [-0.2, 0) is 24.3 Å². The maximum absolute atomic E-state index is 13.2. The lowest BCUT2D eigenvalue weighted by molar-refractivity contribution is -0.0400. The normalized spacial score (nSPS) is 15.6. The van der Waals surface area contributed by atoms with E-state index in [-0.39, 0.29) is 23.3 Å². The van der Waals surface area contributed by atoms with Crippen LogP contribution in [0.2, 0.25) is 10.0 Å². The van der Waals surface area contributed by atoms with Gasteiger partial charge in [-0.1, -0.05) is 29.3 Å². The van der Waals surface area contributed by atoms with Gasteiger partial charge in [0.2, 0.25) is 11.3 Å². The molecule has 154 valence electrons. The number of aromatic nitrogens is 3. The van der Waals surface area contributed by atoms with E-state index >= 15 is 0 Å². The number of rotatable bonds is 2. The molecule has 0 fully saturated rings. The number of fused-ring (bicyclic) bond motifs is 5. The largest absolute Gasteiger partial charge is 0.430 e. The minimum atomic E-state index is -0.312. The predicted molar refractivity (Wildman–Crippen MR) is 116 cm³/mol. The zero-order chi connectivity index (χ0) is 21.2. The number of pyridine rings is 1. The van der Waals surface area contributed by atoms with Crippen LogP contribution in [0, 0.1) is 6.92 Å². The fourth-order valence-electron chi connectivity index (χ4n) is 4.03. The lowest BCUT2D eigenvalue weighted by Gasteiger charge is -2.32. The zero-order valence-electron chi connectivity index (χ0n) is 16.8. The average Bonchev–Trinajstić information content (AvgIpc) is 3.05. The molecule has 6 nitrogen and oxygen atoms in total. The number of benzene rings is 1. The van der Waals surface area contributed by atoms with Crippen molar-refractivity contribution in [3.8, 4) is 0 Å². The third-order valence-corrected chi connectivity index (χ3v) is 6.33. The summed E-state index contributed by atoms with van der Waals surface area (Å²) in [5.74, 6) is 0. The van der Waals surface area contributed by atoms with Crippen molar-refractivity contribution in [2.24, 2.45) is 0 Å². The van der Waals surface area contributed by atoms with Gasteiger partial charge in [0.25, 0.3) is 5.56 Å². The maximum atomic E-state index is 13.2. The van der Waals surface area contributed by atoms with Gasteiger partial charge in [0, 0.05) is 33.3 Å². The van der Waals surface area contributed by atoms with Crippen molar-refractivity contribution >= 4 is 45.4 Å². The average molecular weight is 444 g/mol. The second-order valence-electron chi connectivity index (χ2n) is 8.22. The fraction of sp³-hybridized carbons (Fsp3) is 0.318. The molecule has 0 saturated heterocycles. The Morgan fingerprint density at radius 2 is 1.93 bits per heavy atom. The summed E-state index contributed by atoms with van der Waals surface area (Å²) in [6.07, 6.45) is 2.20. The fourth-order valence-corrected chi connectivity index (χ4v) is 4.54.